The first-order valence-corrected chi connectivity index (χ1v) is 9.55. The van der Waals surface area contributed by atoms with Crippen LogP contribution in [0.15, 0.2) is 29.4 Å². The zero-order valence-corrected chi connectivity index (χ0v) is 16.4. The van der Waals surface area contributed by atoms with Crippen molar-refractivity contribution in [1.82, 2.24) is 25.5 Å². The number of benzene rings is 1. The van der Waals surface area contributed by atoms with Gasteiger partial charge in [-0.15, -0.1) is 5.10 Å². The van der Waals surface area contributed by atoms with Crippen molar-refractivity contribution in [3.05, 3.63) is 24.3 Å². The molecule has 0 aliphatic carbocycles. The summed E-state index contributed by atoms with van der Waals surface area (Å²) in [6.07, 6.45) is 0. The average molecular weight is 393 g/mol. The molecule has 2 rings (SSSR count). The minimum atomic E-state index is -0.521. The minimum absolute atomic E-state index is 0.0192. The molecule has 0 atom stereocenters. The monoisotopic (exact) mass is 393 g/mol. The predicted molar refractivity (Wildman–Crippen MR) is 99.9 cm³/mol. The number of nitrogens with zero attached hydrogens (tertiary/aromatic N) is 4. The third-order valence-corrected chi connectivity index (χ3v) is 4.12. The van der Waals surface area contributed by atoms with Gasteiger partial charge in [0.05, 0.1) is 12.4 Å². The van der Waals surface area contributed by atoms with E-state index in [2.05, 4.69) is 20.8 Å². The summed E-state index contributed by atoms with van der Waals surface area (Å²) in [5.74, 6) is 0.108. The van der Waals surface area contributed by atoms with Crippen molar-refractivity contribution < 1.29 is 19.1 Å². The van der Waals surface area contributed by atoms with Crippen LogP contribution in [0.2, 0.25) is 0 Å². The van der Waals surface area contributed by atoms with Crippen molar-refractivity contribution in [3.63, 3.8) is 0 Å². The summed E-state index contributed by atoms with van der Waals surface area (Å²) in [5, 5.41) is 14.7. The van der Waals surface area contributed by atoms with E-state index in [0.29, 0.717) is 35.7 Å². The Balaban J connectivity index is 1.90. The lowest BCUT2D eigenvalue weighted by Gasteiger charge is -2.10. The number of aromatic nitrogens is 4. The number of tetrazole rings is 1. The van der Waals surface area contributed by atoms with E-state index in [9.17, 15) is 9.59 Å². The topological polar surface area (TPSA) is 108 Å². The number of ether oxygens (including phenoxy) is 2. The lowest BCUT2D eigenvalue weighted by Crippen LogP contribution is -2.31. The Kier molecular flexibility index (Phi) is 8.05. The summed E-state index contributed by atoms with van der Waals surface area (Å²) in [7, 11) is 0. The highest BCUT2D eigenvalue weighted by Crippen LogP contribution is 2.25. The molecule has 1 heterocycles. The summed E-state index contributed by atoms with van der Waals surface area (Å²) in [4.78, 5) is 23.4. The molecule has 0 radical (unpaired) electrons. The lowest BCUT2D eigenvalue weighted by atomic mass is 10.2. The summed E-state index contributed by atoms with van der Waals surface area (Å²) in [5.41, 5.74) is 0.674. The third kappa shape index (κ3) is 6.55. The number of carbonyl (C=O) groups is 2. The van der Waals surface area contributed by atoms with E-state index >= 15 is 0 Å². The smallest absolute Gasteiger partial charge is 0.316 e. The van der Waals surface area contributed by atoms with Crippen molar-refractivity contribution in [2.45, 2.75) is 25.9 Å². The Labute approximate surface area is 161 Å². The van der Waals surface area contributed by atoms with Gasteiger partial charge in [-0.3, -0.25) is 9.59 Å². The molecule has 1 amide bonds. The van der Waals surface area contributed by atoms with Gasteiger partial charge in [-0.05, 0) is 35.4 Å². The number of hydrogen-bond acceptors (Lipinski definition) is 8. The molecule has 9 nitrogen and oxygen atoms in total. The van der Waals surface area contributed by atoms with Crippen molar-refractivity contribution in [3.8, 4) is 11.4 Å². The summed E-state index contributed by atoms with van der Waals surface area (Å²) in [6, 6.07) is 7.34. The highest BCUT2D eigenvalue weighted by molar-refractivity contribution is 7.99. The Bertz CT molecular complexity index is 765. The van der Waals surface area contributed by atoms with Gasteiger partial charge in [0.1, 0.15) is 11.4 Å². The number of nitrogens with one attached hydrogen (secondary N) is 1. The number of esters is 1. The van der Waals surface area contributed by atoms with E-state index < -0.39 is 5.97 Å². The van der Waals surface area contributed by atoms with Gasteiger partial charge in [0, 0.05) is 6.54 Å². The highest BCUT2D eigenvalue weighted by Gasteiger charge is 2.16. The molecular weight excluding hydrogens is 370 g/mol. The van der Waals surface area contributed by atoms with Gasteiger partial charge in [-0.2, -0.15) is 4.68 Å². The van der Waals surface area contributed by atoms with Gasteiger partial charge in [-0.1, -0.05) is 37.7 Å². The molecule has 1 aromatic carbocycles. The fourth-order valence-corrected chi connectivity index (χ4v) is 2.69. The van der Waals surface area contributed by atoms with Crippen LogP contribution < -0.4 is 10.1 Å². The fraction of sp³-hybridized carbons (Fsp3) is 0.471. The van der Waals surface area contributed by atoms with Crippen molar-refractivity contribution in [2.75, 3.05) is 25.5 Å². The molecule has 0 saturated heterocycles. The van der Waals surface area contributed by atoms with Crippen molar-refractivity contribution in [1.29, 1.82) is 0 Å². The van der Waals surface area contributed by atoms with Crippen LogP contribution in [0.5, 0.6) is 5.75 Å². The first-order valence-electron chi connectivity index (χ1n) is 8.57. The number of carbonyl (C=O) groups excluding carboxylic acids is 2. The van der Waals surface area contributed by atoms with E-state index in [1.807, 2.05) is 45.0 Å². The normalized spacial score (nSPS) is 10.7. The first kappa shape index (κ1) is 20.7. The van der Waals surface area contributed by atoms with Crippen LogP contribution in [0.1, 0.15) is 20.8 Å². The maximum absolute atomic E-state index is 11.9. The second-order valence-corrected chi connectivity index (χ2v) is 6.86. The van der Waals surface area contributed by atoms with E-state index in [1.54, 1.807) is 0 Å². The van der Waals surface area contributed by atoms with Crippen LogP contribution in [0.25, 0.3) is 5.69 Å². The Hall–Kier alpha value is -2.62. The van der Waals surface area contributed by atoms with E-state index in [-0.39, 0.29) is 18.3 Å². The molecule has 0 spiro atoms. The van der Waals surface area contributed by atoms with Gasteiger partial charge in [0.15, 0.2) is 6.61 Å². The summed E-state index contributed by atoms with van der Waals surface area (Å²) >= 11 is 1.12. The van der Waals surface area contributed by atoms with Crippen LogP contribution in [0.3, 0.4) is 0 Å². The SMILES string of the molecule is CCOc1ccccc1-n1nnnc1SCC(=O)OCC(=O)NCC(C)C. The van der Waals surface area contributed by atoms with Gasteiger partial charge in [0.2, 0.25) is 5.16 Å². The fourth-order valence-electron chi connectivity index (χ4n) is 2.01. The highest BCUT2D eigenvalue weighted by atomic mass is 32.2. The second kappa shape index (κ2) is 10.5. The maximum atomic E-state index is 11.9. The zero-order chi connectivity index (χ0) is 19.6. The molecule has 27 heavy (non-hydrogen) atoms. The maximum Gasteiger partial charge on any atom is 0.316 e. The predicted octanol–water partition coefficient (Wildman–Crippen LogP) is 1.47. The van der Waals surface area contributed by atoms with Crippen LogP contribution in [-0.2, 0) is 14.3 Å². The van der Waals surface area contributed by atoms with Crippen LogP contribution in [0, 0.1) is 5.92 Å². The van der Waals surface area contributed by atoms with Gasteiger partial charge < -0.3 is 14.8 Å². The number of rotatable bonds is 10. The molecule has 1 N–H and O–H groups in total. The molecule has 0 aliphatic heterocycles. The Morgan fingerprint density at radius 1 is 1.30 bits per heavy atom. The largest absolute Gasteiger partial charge is 0.492 e. The van der Waals surface area contributed by atoms with Crippen LogP contribution in [0.4, 0.5) is 0 Å². The van der Waals surface area contributed by atoms with Gasteiger partial charge >= 0.3 is 5.97 Å². The Morgan fingerprint density at radius 2 is 2.07 bits per heavy atom. The first-order chi connectivity index (χ1) is 13.0. The number of thioether (sulfide) groups is 1. The molecule has 10 heteroatoms. The molecule has 0 fully saturated rings. The average Bonchev–Trinajstić information content (AvgIpc) is 3.12. The number of hydrogen-bond donors (Lipinski definition) is 1. The van der Waals surface area contributed by atoms with Gasteiger partial charge in [-0.25, -0.2) is 0 Å². The Morgan fingerprint density at radius 3 is 2.81 bits per heavy atom. The molecule has 0 unspecified atom stereocenters. The van der Waals surface area contributed by atoms with Crippen LogP contribution >= 0.6 is 11.8 Å². The zero-order valence-electron chi connectivity index (χ0n) is 15.5. The lowest BCUT2D eigenvalue weighted by molar-refractivity contribution is -0.145. The van der Waals surface area contributed by atoms with Crippen molar-refractivity contribution in [2.24, 2.45) is 5.92 Å². The number of para-hydroxylation sites is 2. The summed E-state index contributed by atoms with van der Waals surface area (Å²) < 4.78 is 12.1. The standard InChI is InChI=1S/C17H23N5O4S/c1-4-25-14-8-6-5-7-13(14)22-17(19-20-21-22)27-11-16(24)26-10-15(23)18-9-12(2)3/h5-8,12H,4,9-11H2,1-3H3,(H,18,23). The summed E-state index contributed by atoms with van der Waals surface area (Å²) in [6.45, 7) is 6.60. The number of amides is 1. The van der Waals surface area contributed by atoms with Gasteiger partial charge in [0.25, 0.3) is 5.91 Å². The molecule has 1 aromatic heterocycles. The quantitative estimate of drug-likeness (QED) is 0.477. The van der Waals surface area contributed by atoms with E-state index in [1.165, 1.54) is 4.68 Å². The van der Waals surface area contributed by atoms with Crippen LogP contribution in [-0.4, -0.2) is 57.6 Å². The molecule has 0 bridgehead atoms. The third-order valence-electron chi connectivity index (χ3n) is 3.23. The molecule has 146 valence electrons. The van der Waals surface area contributed by atoms with E-state index in [4.69, 9.17) is 9.47 Å². The van der Waals surface area contributed by atoms with Crippen molar-refractivity contribution >= 4 is 23.6 Å². The second-order valence-electron chi connectivity index (χ2n) is 5.92. The minimum Gasteiger partial charge on any atom is -0.492 e. The molecule has 0 saturated carbocycles. The molecular formula is C17H23N5O4S. The van der Waals surface area contributed by atoms with E-state index in [0.717, 1.165) is 11.8 Å². The molecule has 0 aliphatic rings. The molecule has 2 aromatic rings.